The molecule has 25 heavy (non-hydrogen) atoms. The first-order chi connectivity index (χ1) is 11.9. The van der Waals surface area contributed by atoms with Gasteiger partial charge in [0.2, 0.25) is 5.91 Å². The van der Waals surface area contributed by atoms with E-state index >= 15 is 0 Å². The first-order valence-electron chi connectivity index (χ1n) is 7.87. The molecule has 0 atom stereocenters. The highest BCUT2D eigenvalue weighted by Crippen LogP contribution is 2.24. The van der Waals surface area contributed by atoms with E-state index in [0.717, 1.165) is 5.56 Å². The Kier molecular flexibility index (Phi) is 6.41. The van der Waals surface area contributed by atoms with Crippen LogP contribution in [-0.4, -0.2) is 32.9 Å². The number of anilines is 2. The van der Waals surface area contributed by atoms with Crippen molar-refractivity contribution >= 4 is 27.1 Å². The van der Waals surface area contributed by atoms with Gasteiger partial charge in [0, 0.05) is 6.07 Å². The molecule has 0 heterocycles. The maximum atomic E-state index is 12.1. The second-order valence-electron chi connectivity index (χ2n) is 5.68. The fourth-order valence-corrected chi connectivity index (χ4v) is 3.57. The Labute approximate surface area is 147 Å². The minimum absolute atomic E-state index is 0.0388. The van der Waals surface area contributed by atoms with Crippen LogP contribution >= 0.6 is 0 Å². The molecule has 2 aromatic carbocycles. The number of rotatable bonds is 8. The van der Waals surface area contributed by atoms with Crippen LogP contribution in [-0.2, 0) is 21.1 Å². The number of amides is 1. The summed E-state index contributed by atoms with van der Waals surface area (Å²) in [4.78, 5) is 12.0. The number of carbonyl (C=O) groups is 1. The number of nitrogens with two attached hydrogens (primary N) is 1. The zero-order chi connectivity index (χ0) is 18.3. The summed E-state index contributed by atoms with van der Waals surface area (Å²) in [7, 11) is -1.99. The maximum Gasteiger partial charge on any atom is 0.239 e. The van der Waals surface area contributed by atoms with Crippen molar-refractivity contribution in [3.8, 4) is 5.75 Å². The molecule has 0 spiro atoms. The predicted octanol–water partition coefficient (Wildman–Crippen LogP) is 2.26. The number of aryl methyl sites for hydroxylation is 1. The smallest absolute Gasteiger partial charge is 0.239 e. The van der Waals surface area contributed by atoms with Crippen LogP contribution in [0.15, 0.2) is 48.5 Å². The highest BCUT2D eigenvalue weighted by Gasteiger charge is 2.17. The lowest BCUT2D eigenvalue weighted by molar-refractivity contribution is -0.113. The van der Waals surface area contributed by atoms with Crippen molar-refractivity contribution in [3.05, 3.63) is 54.1 Å². The third-order valence-electron chi connectivity index (χ3n) is 3.65. The highest BCUT2D eigenvalue weighted by atomic mass is 32.2. The number of nitrogen functional groups attached to an aromatic ring is 1. The molecule has 0 aliphatic rings. The number of ether oxygens (including phenoxy) is 1. The molecule has 1 amide bonds. The van der Waals surface area contributed by atoms with Gasteiger partial charge < -0.3 is 15.8 Å². The molecule has 3 N–H and O–H groups in total. The van der Waals surface area contributed by atoms with Gasteiger partial charge in [-0.25, -0.2) is 8.42 Å². The number of benzene rings is 2. The van der Waals surface area contributed by atoms with Crippen LogP contribution in [0.4, 0.5) is 11.4 Å². The number of hydrogen-bond donors (Lipinski definition) is 2. The Morgan fingerprint density at radius 1 is 1.16 bits per heavy atom. The van der Waals surface area contributed by atoms with Crippen molar-refractivity contribution in [2.24, 2.45) is 0 Å². The van der Waals surface area contributed by atoms with E-state index < -0.39 is 21.5 Å². The quantitative estimate of drug-likeness (QED) is 0.702. The zero-order valence-electron chi connectivity index (χ0n) is 14.1. The summed E-state index contributed by atoms with van der Waals surface area (Å²) in [6.07, 6.45) is 1.13. The summed E-state index contributed by atoms with van der Waals surface area (Å²) < 4.78 is 29.3. The molecule has 7 heteroatoms. The summed E-state index contributed by atoms with van der Waals surface area (Å²) in [5.74, 6) is -0.698. The molecule has 2 rings (SSSR count). The summed E-state index contributed by atoms with van der Waals surface area (Å²) >= 11 is 0. The highest BCUT2D eigenvalue weighted by molar-refractivity contribution is 7.92. The van der Waals surface area contributed by atoms with Crippen molar-refractivity contribution < 1.29 is 17.9 Å². The second-order valence-corrected chi connectivity index (χ2v) is 7.87. The topological polar surface area (TPSA) is 98.5 Å². The molecule has 0 bridgehead atoms. The third-order valence-corrected chi connectivity index (χ3v) is 5.26. The number of methoxy groups -OCH3 is 1. The van der Waals surface area contributed by atoms with Gasteiger partial charge in [0.1, 0.15) is 11.5 Å². The fraction of sp³-hybridized carbons (Fsp3) is 0.278. The van der Waals surface area contributed by atoms with Crippen LogP contribution in [0, 0.1) is 0 Å². The van der Waals surface area contributed by atoms with Crippen molar-refractivity contribution in [1.82, 2.24) is 0 Å². The first kappa shape index (κ1) is 18.8. The molecule has 0 radical (unpaired) electrons. The number of sulfone groups is 1. The molecule has 0 saturated carbocycles. The van der Waals surface area contributed by atoms with Gasteiger partial charge in [-0.2, -0.15) is 0 Å². The van der Waals surface area contributed by atoms with Crippen LogP contribution in [0.1, 0.15) is 12.0 Å². The summed E-state index contributed by atoms with van der Waals surface area (Å²) in [6.45, 7) is 0. The van der Waals surface area contributed by atoms with Crippen molar-refractivity contribution in [2.45, 2.75) is 12.8 Å². The lowest BCUT2D eigenvalue weighted by atomic mass is 10.1. The average molecular weight is 362 g/mol. The molecule has 2 aromatic rings. The molecule has 0 aromatic heterocycles. The van der Waals surface area contributed by atoms with E-state index in [2.05, 4.69) is 5.32 Å². The SMILES string of the molecule is COc1ccc(N)c(NC(=O)CS(=O)(=O)CCCc2ccccc2)c1. The van der Waals surface area contributed by atoms with Gasteiger partial charge in [-0.05, 0) is 30.5 Å². The minimum atomic E-state index is -3.48. The Morgan fingerprint density at radius 3 is 2.56 bits per heavy atom. The largest absolute Gasteiger partial charge is 0.497 e. The summed E-state index contributed by atoms with van der Waals surface area (Å²) in [5.41, 5.74) is 7.54. The van der Waals surface area contributed by atoms with Gasteiger partial charge in [0.15, 0.2) is 9.84 Å². The lowest BCUT2D eigenvalue weighted by Gasteiger charge is -2.10. The first-order valence-corrected chi connectivity index (χ1v) is 9.69. The number of hydrogen-bond acceptors (Lipinski definition) is 5. The standard InChI is InChI=1S/C18H22N2O4S/c1-24-15-9-10-16(19)17(12-15)20-18(21)13-25(22,23)11-5-8-14-6-3-2-4-7-14/h2-4,6-7,9-10,12H,5,8,11,13,19H2,1H3,(H,20,21). The van der Waals surface area contributed by atoms with Gasteiger partial charge >= 0.3 is 0 Å². The number of carbonyl (C=O) groups excluding carboxylic acids is 1. The van der Waals surface area contributed by atoms with E-state index in [1.807, 2.05) is 30.3 Å². The van der Waals surface area contributed by atoms with Crippen LogP contribution in [0.5, 0.6) is 5.75 Å². The molecule has 6 nitrogen and oxygen atoms in total. The van der Waals surface area contributed by atoms with E-state index in [4.69, 9.17) is 10.5 Å². The lowest BCUT2D eigenvalue weighted by Crippen LogP contribution is -2.25. The van der Waals surface area contributed by atoms with Gasteiger partial charge in [-0.15, -0.1) is 0 Å². The Hall–Kier alpha value is -2.54. The van der Waals surface area contributed by atoms with E-state index in [0.29, 0.717) is 30.0 Å². The van der Waals surface area contributed by atoms with Gasteiger partial charge in [0.05, 0.1) is 24.2 Å². The van der Waals surface area contributed by atoms with Crippen LogP contribution in [0.2, 0.25) is 0 Å². The monoisotopic (exact) mass is 362 g/mol. The zero-order valence-corrected chi connectivity index (χ0v) is 14.9. The fourth-order valence-electron chi connectivity index (χ4n) is 2.37. The van der Waals surface area contributed by atoms with E-state index in [9.17, 15) is 13.2 Å². The van der Waals surface area contributed by atoms with Crippen molar-refractivity contribution in [3.63, 3.8) is 0 Å². The molecule has 134 valence electrons. The third kappa shape index (κ3) is 6.11. The molecule has 0 aliphatic carbocycles. The van der Waals surface area contributed by atoms with Crippen LogP contribution < -0.4 is 15.8 Å². The summed E-state index contributed by atoms with van der Waals surface area (Å²) in [6, 6.07) is 14.4. The molecule has 0 saturated heterocycles. The van der Waals surface area contributed by atoms with Gasteiger partial charge in [0.25, 0.3) is 0 Å². The second kappa shape index (κ2) is 8.53. The van der Waals surface area contributed by atoms with Crippen LogP contribution in [0.25, 0.3) is 0 Å². The van der Waals surface area contributed by atoms with E-state index in [-0.39, 0.29) is 5.75 Å². The molecular formula is C18H22N2O4S. The van der Waals surface area contributed by atoms with Crippen LogP contribution in [0.3, 0.4) is 0 Å². The Bertz CT molecular complexity index is 820. The van der Waals surface area contributed by atoms with E-state index in [1.54, 1.807) is 18.2 Å². The summed E-state index contributed by atoms with van der Waals surface area (Å²) in [5, 5.41) is 2.53. The molecule has 0 fully saturated rings. The normalized spacial score (nSPS) is 11.1. The van der Waals surface area contributed by atoms with Gasteiger partial charge in [-0.3, -0.25) is 4.79 Å². The molecule has 0 aliphatic heterocycles. The Balaban J connectivity index is 1.88. The Morgan fingerprint density at radius 2 is 1.88 bits per heavy atom. The van der Waals surface area contributed by atoms with Crippen molar-refractivity contribution in [2.75, 3.05) is 29.7 Å². The predicted molar refractivity (Wildman–Crippen MR) is 99.5 cm³/mol. The van der Waals surface area contributed by atoms with E-state index in [1.165, 1.54) is 7.11 Å². The number of nitrogens with one attached hydrogen (secondary N) is 1. The average Bonchev–Trinajstić information content (AvgIpc) is 2.57. The molecular weight excluding hydrogens is 340 g/mol. The molecule has 0 unspecified atom stereocenters. The van der Waals surface area contributed by atoms with Gasteiger partial charge in [-0.1, -0.05) is 30.3 Å². The van der Waals surface area contributed by atoms with Crippen molar-refractivity contribution in [1.29, 1.82) is 0 Å². The minimum Gasteiger partial charge on any atom is -0.497 e. The maximum absolute atomic E-state index is 12.1.